The Morgan fingerprint density at radius 1 is 1.00 bits per heavy atom. The number of hydrogen-bond acceptors (Lipinski definition) is 3. The van der Waals surface area contributed by atoms with Crippen molar-refractivity contribution in [2.24, 2.45) is 0 Å². The minimum Gasteiger partial charge on any atom is -0.341 e. The zero-order chi connectivity index (χ0) is 15.2. The van der Waals surface area contributed by atoms with E-state index in [-0.39, 0.29) is 22.8 Å². The molecule has 0 atom stereocenters. The summed E-state index contributed by atoms with van der Waals surface area (Å²) in [5, 5.41) is 8.01. The van der Waals surface area contributed by atoms with Gasteiger partial charge in [0.2, 0.25) is 0 Å². The Balaban J connectivity index is 2.03. The van der Waals surface area contributed by atoms with E-state index in [1.807, 2.05) is 0 Å². The van der Waals surface area contributed by atoms with Crippen molar-refractivity contribution in [3.05, 3.63) is 53.3 Å². The molecule has 0 aliphatic carbocycles. The molecule has 21 heavy (non-hydrogen) atoms. The number of benzene rings is 1. The molecular formula is C14H13ClN4O2. The number of pyridine rings is 1. The second kappa shape index (κ2) is 6.71. The van der Waals surface area contributed by atoms with Crippen LogP contribution in [0.5, 0.6) is 0 Å². The van der Waals surface area contributed by atoms with Crippen molar-refractivity contribution in [2.45, 2.75) is 0 Å². The van der Waals surface area contributed by atoms with Crippen molar-refractivity contribution in [3.8, 4) is 0 Å². The summed E-state index contributed by atoms with van der Waals surface area (Å²) in [7, 11) is 1.53. The fraction of sp³-hybridized carbons (Fsp3) is 0.0714. The van der Waals surface area contributed by atoms with Crippen LogP contribution >= 0.6 is 11.6 Å². The van der Waals surface area contributed by atoms with Gasteiger partial charge in [-0.25, -0.2) is 9.78 Å². The first-order valence-corrected chi connectivity index (χ1v) is 6.49. The van der Waals surface area contributed by atoms with Gasteiger partial charge < -0.3 is 16.0 Å². The molecule has 2 aromatic rings. The summed E-state index contributed by atoms with van der Waals surface area (Å²) in [5.74, 6) is -0.357. The first kappa shape index (κ1) is 14.8. The van der Waals surface area contributed by atoms with Crippen molar-refractivity contribution in [2.75, 3.05) is 17.7 Å². The number of urea groups is 1. The molecule has 0 saturated carbocycles. The lowest BCUT2D eigenvalue weighted by molar-refractivity contribution is 0.102. The molecule has 3 N–H and O–H groups in total. The Morgan fingerprint density at radius 3 is 2.19 bits per heavy atom. The smallest absolute Gasteiger partial charge is 0.318 e. The second-order valence-electron chi connectivity index (χ2n) is 4.08. The molecule has 0 radical (unpaired) electrons. The third-order valence-electron chi connectivity index (χ3n) is 2.58. The number of anilines is 2. The molecule has 1 aromatic carbocycles. The fourth-order valence-corrected chi connectivity index (χ4v) is 1.72. The van der Waals surface area contributed by atoms with Gasteiger partial charge in [-0.3, -0.25) is 4.79 Å². The van der Waals surface area contributed by atoms with Crippen molar-refractivity contribution in [1.29, 1.82) is 0 Å². The van der Waals surface area contributed by atoms with Crippen LogP contribution < -0.4 is 16.0 Å². The maximum absolute atomic E-state index is 12.0. The molecule has 0 aliphatic rings. The second-order valence-corrected chi connectivity index (χ2v) is 4.47. The standard InChI is InChI=1S/C14H13ClN4O2/c1-16-14(21)18-10-7-5-9(6-8-10)17-13(20)11-3-2-4-12(15)19-11/h2-8H,1H3,(H,17,20)(H2,16,18,21). The van der Waals surface area contributed by atoms with Gasteiger partial charge in [0.1, 0.15) is 10.8 Å². The monoisotopic (exact) mass is 304 g/mol. The summed E-state index contributed by atoms with van der Waals surface area (Å²) < 4.78 is 0. The Hall–Kier alpha value is -2.60. The zero-order valence-electron chi connectivity index (χ0n) is 11.2. The molecule has 0 bridgehead atoms. The van der Waals surface area contributed by atoms with Crippen molar-refractivity contribution in [1.82, 2.24) is 10.3 Å². The normalized spacial score (nSPS) is 9.81. The molecule has 0 fully saturated rings. The van der Waals surface area contributed by atoms with Gasteiger partial charge in [-0.1, -0.05) is 17.7 Å². The molecule has 1 aromatic heterocycles. The molecule has 2 rings (SSSR count). The SMILES string of the molecule is CNC(=O)Nc1ccc(NC(=O)c2cccc(Cl)n2)cc1. The number of hydrogen-bond donors (Lipinski definition) is 3. The largest absolute Gasteiger partial charge is 0.341 e. The van der Waals surface area contributed by atoms with E-state index in [0.717, 1.165) is 0 Å². The van der Waals surface area contributed by atoms with Gasteiger partial charge in [0.15, 0.2) is 0 Å². The predicted octanol–water partition coefficient (Wildman–Crippen LogP) is 2.74. The number of aromatic nitrogens is 1. The van der Waals surface area contributed by atoms with E-state index in [9.17, 15) is 9.59 Å². The lowest BCUT2D eigenvalue weighted by Gasteiger charge is -2.07. The number of nitrogens with one attached hydrogen (secondary N) is 3. The number of carbonyl (C=O) groups is 2. The molecular weight excluding hydrogens is 292 g/mol. The number of rotatable bonds is 3. The van der Waals surface area contributed by atoms with Crippen LogP contribution in [0.25, 0.3) is 0 Å². The average Bonchev–Trinajstić information content (AvgIpc) is 2.49. The lowest BCUT2D eigenvalue weighted by Crippen LogP contribution is -2.24. The molecule has 3 amide bonds. The van der Waals surface area contributed by atoms with E-state index >= 15 is 0 Å². The third kappa shape index (κ3) is 4.19. The van der Waals surface area contributed by atoms with Gasteiger partial charge in [0, 0.05) is 18.4 Å². The van der Waals surface area contributed by atoms with Gasteiger partial charge in [-0.2, -0.15) is 0 Å². The summed E-state index contributed by atoms with van der Waals surface area (Å²) in [5.41, 5.74) is 1.44. The molecule has 1 heterocycles. The summed E-state index contributed by atoms with van der Waals surface area (Å²) in [6, 6.07) is 11.2. The number of halogens is 1. The van der Waals surface area contributed by atoms with E-state index < -0.39 is 0 Å². The molecule has 0 saturated heterocycles. The quantitative estimate of drug-likeness (QED) is 0.762. The van der Waals surface area contributed by atoms with Crippen LogP contribution in [0.2, 0.25) is 5.15 Å². The van der Waals surface area contributed by atoms with E-state index in [4.69, 9.17) is 11.6 Å². The van der Waals surface area contributed by atoms with Crippen LogP contribution in [0, 0.1) is 0 Å². The van der Waals surface area contributed by atoms with Gasteiger partial charge in [-0.05, 0) is 36.4 Å². The van der Waals surface area contributed by atoms with Gasteiger partial charge >= 0.3 is 6.03 Å². The van der Waals surface area contributed by atoms with Crippen LogP contribution in [0.3, 0.4) is 0 Å². The van der Waals surface area contributed by atoms with Gasteiger partial charge in [0.25, 0.3) is 5.91 Å². The van der Waals surface area contributed by atoms with Crippen LogP contribution in [0.1, 0.15) is 10.5 Å². The first-order chi connectivity index (χ1) is 10.1. The van der Waals surface area contributed by atoms with Crippen LogP contribution in [-0.4, -0.2) is 24.0 Å². The Morgan fingerprint density at radius 2 is 1.62 bits per heavy atom. The Kier molecular flexibility index (Phi) is 4.73. The summed E-state index contributed by atoms with van der Waals surface area (Å²) in [6.45, 7) is 0. The zero-order valence-corrected chi connectivity index (χ0v) is 11.9. The topological polar surface area (TPSA) is 83.1 Å². The minimum absolute atomic E-state index is 0.232. The van der Waals surface area contributed by atoms with E-state index in [0.29, 0.717) is 11.4 Å². The molecule has 108 valence electrons. The maximum Gasteiger partial charge on any atom is 0.318 e. The van der Waals surface area contributed by atoms with Crippen LogP contribution in [-0.2, 0) is 0 Å². The number of carbonyl (C=O) groups excluding carboxylic acids is 2. The maximum atomic E-state index is 12.0. The minimum atomic E-state index is -0.357. The van der Waals surface area contributed by atoms with E-state index in [1.54, 1.807) is 42.5 Å². The summed E-state index contributed by atoms with van der Waals surface area (Å²) in [4.78, 5) is 27.0. The molecule has 7 heteroatoms. The fourth-order valence-electron chi connectivity index (χ4n) is 1.56. The van der Waals surface area contributed by atoms with E-state index in [1.165, 1.54) is 7.05 Å². The highest BCUT2D eigenvalue weighted by atomic mass is 35.5. The molecule has 6 nitrogen and oxygen atoms in total. The van der Waals surface area contributed by atoms with Crippen molar-refractivity contribution < 1.29 is 9.59 Å². The van der Waals surface area contributed by atoms with Crippen LogP contribution in [0.15, 0.2) is 42.5 Å². The number of nitrogens with zero attached hydrogens (tertiary/aromatic N) is 1. The lowest BCUT2D eigenvalue weighted by atomic mass is 10.2. The summed E-state index contributed by atoms with van der Waals surface area (Å²) >= 11 is 5.74. The Labute approximate surface area is 126 Å². The van der Waals surface area contributed by atoms with Crippen molar-refractivity contribution >= 4 is 34.9 Å². The Bertz CT molecular complexity index is 658. The van der Waals surface area contributed by atoms with Crippen LogP contribution in [0.4, 0.5) is 16.2 Å². The van der Waals surface area contributed by atoms with Crippen molar-refractivity contribution in [3.63, 3.8) is 0 Å². The average molecular weight is 305 g/mol. The molecule has 0 aliphatic heterocycles. The molecule has 0 unspecified atom stereocenters. The van der Waals surface area contributed by atoms with E-state index in [2.05, 4.69) is 20.9 Å². The predicted molar refractivity (Wildman–Crippen MR) is 81.7 cm³/mol. The van der Waals surface area contributed by atoms with Gasteiger partial charge in [-0.15, -0.1) is 0 Å². The first-order valence-electron chi connectivity index (χ1n) is 6.11. The van der Waals surface area contributed by atoms with Gasteiger partial charge in [0.05, 0.1) is 0 Å². The highest BCUT2D eigenvalue weighted by molar-refractivity contribution is 6.29. The highest BCUT2D eigenvalue weighted by Gasteiger charge is 2.08. The number of amides is 3. The third-order valence-corrected chi connectivity index (χ3v) is 2.79. The molecule has 0 spiro atoms. The summed E-state index contributed by atoms with van der Waals surface area (Å²) in [6.07, 6.45) is 0. The highest BCUT2D eigenvalue weighted by Crippen LogP contribution is 2.14.